The number of hydrogen-bond donors (Lipinski definition) is 0. The summed E-state index contributed by atoms with van der Waals surface area (Å²) in [7, 11) is 1.67. The molecule has 1 aromatic rings. The van der Waals surface area contributed by atoms with Crippen molar-refractivity contribution in [3.05, 3.63) is 33.9 Å². The second-order valence-corrected chi connectivity index (χ2v) is 6.20. The molecule has 0 spiro atoms. The van der Waals surface area contributed by atoms with Crippen LogP contribution in [0, 0.1) is 10.1 Å². The van der Waals surface area contributed by atoms with Gasteiger partial charge < -0.3 is 9.64 Å². The molecule has 0 aromatic heterocycles. The van der Waals surface area contributed by atoms with Crippen molar-refractivity contribution in [1.82, 2.24) is 4.90 Å². The van der Waals surface area contributed by atoms with E-state index in [0.717, 1.165) is 6.42 Å². The van der Waals surface area contributed by atoms with Crippen molar-refractivity contribution in [3.63, 3.8) is 0 Å². The number of nitrogens with zero attached hydrogens (tertiary/aromatic N) is 2. The summed E-state index contributed by atoms with van der Waals surface area (Å²) in [5, 5.41) is 11.1. The first kappa shape index (κ1) is 17.4. The van der Waals surface area contributed by atoms with E-state index in [1.54, 1.807) is 24.9 Å². The summed E-state index contributed by atoms with van der Waals surface area (Å²) in [6, 6.07) is 4.38. The van der Waals surface area contributed by atoms with Gasteiger partial charge >= 0.3 is 5.69 Å². The molecule has 0 saturated heterocycles. The standard InChI is InChI=1S/C14H19BrN2O4/c1-4-21-13-11(6-5-7-12(13)17(19)20)14(18)16(3)9-8-10(2)15/h5-7,10H,4,8-9H2,1-3H3. The quantitative estimate of drug-likeness (QED) is 0.426. The molecule has 0 radical (unpaired) electrons. The third-order valence-corrected chi connectivity index (χ3v) is 3.38. The zero-order valence-corrected chi connectivity index (χ0v) is 13.9. The van der Waals surface area contributed by atoms with Gasteiger partial charge in [-0.2, -0.15) is 0 Å². The van der Waals surface area contributed by atoms with E-state index in [2.05, 4.69) is 15.9 Å². The highest BCUT2D eigenvalue weighted by molar-refractivity contribution is 9.09. The molecular weight excluding hydrogens is 340 g/mol. The first-order valence-electron chi connectivity index (χ1n) is 6.68. The van der Waals surface area contributed by atoms with Gasteiger partial charge in [-0.25, -0.2) is 0 Å². The number of carbonyl (C=O) groups excluding carboxylic acids is 1. The summed E-state index contributed by atoms with van der Waals surface area (Å²) in [5.41, 5.74) is 0.0285. The highest BCUT2D eigenvalue weighted by atomic mass is 79.9. The summed E-state index contributed by atoms with van der Waals surface area (Å²) >= 11 is 3.43. The lowest BCUT2D eigenvalue weighted by molar-refractivity contribution is -0.385. The van der Waals surface area contributed by atoms with Crippen LogP contribution in [0.15, 0.2) is 18.2 Å². The van der Waals surface area contributed by atoms with Crippen LogP contribution in [0.5, 0.6) is 5.75 Å². The van der Waals surface area contributed by atoms with Gasteiger partial charge in [0.25, 0.3) is 5.91 Å². The lowest BCUT2D eigenvalue weighted by atomic mass is 10.1. The lowest BCUT2D eigenvalue weighted by Gasteiger charge is -2.19. The Morgan fingerprint density at radius 2 is 2.19 bits per heavy atom. The Kier molecular flexibility index (Phi) is 6.61. The molecule has 0 bridgehead atoms. The monoisotopic (exact) mass is 358 g/mol. The molecule has 0 heterocycles. The molecule has 0 saturated carbocycles. The van der Waals surface area contributed by atoms with E-state index in [4.69, 9.17) is 4.74 Å². The van der Waals surface area contributed by atoms with Crippen molar-refractivity contribution in [1.29, 1.82) is 0 Å². The zero-order valence-electron chi connectivity index (χ0n) is 12.3. The maximum atomic E-state index is 12.4. The fourth-order valence-electron chi connectivity index (χ4n) is 1.81. The SMILES string of the molecule is CCOc1c(C(=O)N(C)CCC(C)Br)cccc1[N+](=O)[O-]. The van der Waals surface area contributed by atoms with Gasteiger partial charge in [0.1, 0.15) is 0 Å². The van der Waals surface area contributed by atoms with E-state index in [0.29, 0.717) is 11.4 Å². The van der Waals surface area contributed by atoms with Crippen molar-refractivity contribution >= 4 is 27.5 Å². The van der Waals surface area contributed by atoms with Crippen molar-refractivity contribution < 1.29 is 14.5 Å². The topological polar surface area (TPSA) is 72.7 Å². The minimum Gasteiger partial charge on any atom is -0.487 e. The van der Waals surface area contributed by atoms with Gasteiger partial charge in [-0.15, -0.1) is 0 Å². The van der Waals surface area contributed by atoms with Gasteiger partial charge in [0.05, 0.1) is 17.1 Å². The molecule has 1 unspecified atom stereocenters. The number of ether oxygens (including phenoxy) is 1. The largest absolute Gasteiger partial charge is 0.487 e. The van der Waals surface area contributed by atoms with Crippen LogP contribution in [0.25, 0.3) is 0 Å². The van der Waals surface area contributed by atoms with Crippen LogP contribution >= 0.6 is 15.9 Å². The number of para-hydroxylation sites is 1. The maximum Gasteiger partial charge on any atom is 0.311 e. The van der Waals surface area contributed by atoms with E-state index in [1.165, 1.54) is 12.1 Å². The lowest BCUT2D eigenvalue weighted by Crippen LogP contribution is -2.29. The molecule has 0 N–H and O–H groups in total. The first-order valence-corrected chi connectivity index (χ1v) is 7.59. The predicted octanol–water partition coefficient (Wildman–Crippen LogP) is 3.24. The fourth-order valence-corrected chi connectivity index (χ4v) is 2.02. The van der Waals surface area contributed by atoms with Crippen LogP contribution in [0.4, 0.5) is 5.69 Å². The Hall–Kier alpha value is -1.63. The van der Waals surface area contributed by atoms with Gasteiger partial charge in [-0.3, -0.25) is 14.9 Å². The Labute approximate surface area is 132 Å². The molecule has 7 heteroatoms. The van der Waals surface area contributed by atoms with Crippen LogP contribution in [0.3, 0.4) is 0 Å². The maximum absolute atomic E-state index is 12.4. The normalized spacial score (nSPS) is 11.8. The van der Waals surface area contributed by atoms with Crippen molar-refractivity contribution in [2.75, 3.05) is 20.2 Å². The number of nitro groups is 1. The molecule has 0 aliphatic carbocycles. The van der Waals surface area contributed by atoms with Gasteiger partial charge in [-0.05, 0) is 19.4 Å². The molecule has 1 amide bonds. The van der Waals surface area contributed by atoms with Crippen LogP contribution in [-0.2, 0) is 0 Å². The van der Waals surface area contributed by atoms with Gasteiger partial charge in [0.2, 0.25) is 5.75 Å². The number of alkyl halides is 1. The van der Waals surface area contributed by atoms with Crippen molar-refractivity contribution in [3.8, 4) is 5.75 Å². The fraction of sp³-hybridized carbons (Fsp3) is 0.500. The van der Waals surface area contributed by atoms with Crippen molar-refractivity contribution in [2.45, 2.75) is 25.1 Å². The molecule has 0 aliphatic rings. The van der Waals surface area contributed by atoms with Crippen LogP contribution in [0.1, 0.15) is 30.6 Å². The number of hydrogen-bond acceptors (Lipinski definition) is 4. The highest BCUT2D eigenvalue weighted by Gasteiger charge is 2.24. The second-order valence-electron chi connectivity index (χ2n) is 4.64. The third kappa shape index (κ3) is 4.70. The first-order chi connectivity index (χ1) is 9.88. The summed E-state index contributed by atoms with van der Waals surface area (Å²) in [4.78, 5) is 24.8. The number of rotatable bonds is 7. The summed E-state index contributed by atoms with van der Waals surface area (Å²) in [6.45, 7) is 4.53. The molecule has 6 nitrogen and oxygen atoms in total. The molecule has 1 atom stereocenters. The van der Waals surface area contributed by atoms with Gasteiger partial charge in [-0.1, -0.05) is 28.9 Å². The molecule has 0 fully saturated rings. The van der Waals surface area contributed by atoms with Gasteiger partial charge in [0, 0.05) is 24.5 Å². The summed E-state index contributed by atoms with van der Waals surface area (Å²) in [6.07, 6.45) is 0.793. The minimum absolute atomic E-state index is 0.0359. The average Bonchev–Trinajstić information content (AvgIpc) is 2.44. The number of nitro benzene ring substituents is 1. The number of benzene rings is 1. The summed E-state index contributed by atoms with van der Waals surface area (Å²) in [5.74, 6) is -0.246. The number of carbonyl (C=O) groups is 1. The molecule has 116 valence electrons. The minimum atomic E-state index is -0.539. The van der Waals surface area contributed by atoms with E-state index < -0.39 is 4.92 Å². The second kappa shape index (κ2) is 7.97. The molecule has 0 aliphatic heterocycles. The van der Waals surface area contributed by atoms with Crippen LogP contribution in [0.2, 0.25) is 0 Å². The predicted molar refractivity (Wildman–Crippen MR) is 84.2 cm³/mol. The summed E-state index contributed by atoms with van der Waals surface area (Å²) < 4.78 is 5.33. The zero-order chi connectivity index (χ0) is 16.0. The Balaban J connectivity index is 3.08. The van der Waals surface area contributed by atoms with Gasteiger partial charge in [0.15, 0.2) is 0 Å². The number of amides is 1. The van der Waals surface area contributed by atoms with Crippen LogP contribution < -0.4 is 4.74 Å². The highest BCUT2D eigenvalue weighted by Crippen LogP contribution is 2.31. The van der Waals surface area contributed by atoms with E-state index in [-0.39, 0.29) is 29.5 Å². The molecule has 21 heavy (non-hydrogen) atoms. The number of halogens is 1. The van der Waals surface area contributed by atoms with E-state index in [1.807, 2.05) is 6.92 Å². The average molecular weight is 359 g/mol. The molecular formula is C14H19BrN2O4. The smallest absolute Gasteiger partial charge is 0.311 e. The van der Waals surface area contributed by atoms with E-state index in [9.17, 15) is 14.9 Å². The Morgan fingerprint density at radius 3 is 2.71 bits per heavy atom. The van der Waals surface area contributed by atoms with Crippen molar-refractivity contribution in [2.24, 2.45) is 0 Å². The Bertz CT molecular complexity index is 520. The van der Waals surface area contributed by atoms with Crippen LogP contribution in [-0.4, -0.2) is 40.8 Å². The molecule has 1 rings (SSSR count). The molecule has 1 aromatic carbocycles. The van der Waals surface area contributed by atoms with E-state index >= 15 is 0 Å². The third-order valence-electron chi connectivity index (χ3n) is 2.92. The Morgan fingerprint density at radius 1 is 1.52 bits per heavy atom.